The zero-order valence-electron chi connectivity index (χ0n) is 11.9. The number of ether oxygens (including phenoxy) is 2. The van der Waals surface area contributed by atoms with E-state index in [-0.39, 0.29) is 24.1 Å². The molecule has 0 aliphatic heterocycles. The van der Waals surface area contributed by atoms with Crippen molar-refractivity contribution in [3.8, 4) is 0 Å². The smallest absolute Gasteiger partial charge is 0.244 e. The summed E-state index contributed by atoms with van der Waals surface area (Å²) < 4.78 is 36.6. The van der Waals surface area contributed by atoms with E-state index in [1.54, 1.807) is 12.3 Å². The normalized spacial score (nSPS) is 13.8. The van der Waals surface area contributed by atoms with Crippen LogP contribution in [0.5, 0.6) is 0 Å². The molecule has 116 valence electrons. The van der Waals surface area contributed by atoms with Gasteiger partial charge in [-0.05, 0) is 13.0 Å². The SMILES string of the molecule is COCCN(C(C)COC)S(=O)(=O)c1csc(CO)c1. The third kappa shape index (κ3) is 4.24. The fourth-order valence-electron chi connectivity index (χ4n) is 1.80. The van der Waals surface area contributed by atoms with E-state index in [0.717, 1.165) is 0 Å². The molecule has 0 saturated heterocycles. The van der Waals surface area contributed by atoms with Crippen molar-refractivity contribution in [2.24, 2.45) is 0 Å². The molecular weight excluding hydrogens is 302 g/mol. The number of aliphatic hydroxyl groups excluding tert-OH is 1. The zero-order chi connectivity index (χ0) is 15.2. The predicted molar refractivity (Wildman–Crippen MR) is 77.3 cm³/mol. The molecule has 0 spiro atoms. The average Bonchev–Trinajstić information content (AvgIpc) is 2.88. The molecule has 0 aromatic carbocycles. The summed E-state index contributed by atoms with van der Waals surface area (Å²) in [6, 6.07) is 1.21. The van der Waals surface area contributed by atoms with Crippen LogP contribution in [0.1, 0.15) is 11.8 Å². The molecule has 1 rings (SSSR count). The topological polar surface area (TPSA) is 76.1 Å². The van der Waals surface area contributed by atoms with Gasteiger partial charge in [0.1, 0.15) is 0 Å². The highest BCUT2D eigenvalue weighted by atomic mass is 32.2. The van der Waals surface area contributed by atoms with E-state index in [1.807, 2.05) is 0 Å². The summed E-state index contributed by atoms with van der Waals surface area (Å²) in [5.41, 5.74) is 0. The van der Waals surface area contributed by atoms with E-state index < -0.39 is 10.0 Å². The minimum atomic E-state index is -3.61. The first-order valence-electron chi connectivity index (χ1n) is 6.15. The summed E-state index contributed by atoms with van der Waals surface area (Å²) in [5.74, 6) is 0. The van der Waals surface area contributed by atoms with Gasteiger partial charge in [0.25, 0.3) is 0 Å². The van der Waals surface area contributed by atoms with Crippen LogP contribution in [0.4, 0.5) is 0 Å². The number of rotatable bonds is 9. The van der Waals surface area contributed by atoms with Crippen molar-refractivity contribution < 1.29 is 23.0 Å². The molecule has 0 amide bonds. The Labute approximate surface area is 124 Å². The quantitative estimate of drug-likeness (QED) is 0.731. The summed E-state index contributed by atoms with van der Waals surface area (Å²) in [4.78, 5) is 0.820. The number of hydrogen-bond donors (Lipinski definition) is 1. The fraction of sp³-hybridized carbons (Fsp3) is 0.667. The minimum absolute atomic E-state index is 0.161. The molecule has 1 aromatic heterocycles. The molecule has 1 unspecified atom stereocenters. The lowest BCUT2D eigenvalue weighted by atomic mass is 10.3. The van der Waals surface area contributed by atoms with Crippen LogP contribution < -0.4 is 0 Å². The van der Waals surface area contributed by atoms with Crippen molar-refractivity contribution in [2.75, 3.05) is 34.0 Å². The summed E-state index contributed by atoms with van der Waals surface area (Å²) >= 11 is 1.22. The van der Waals surface area contributed by atoms with Gasteiger partial charge in [-0.3, -0.25) is 0 Å². The van der Waals surface area contributed by atoms with Crippen molar-refractivity contribution in [1.82, 2.24) is 4.31 Å². The van der Waals surface area contributed by atoms with Gasteiger partial charge in [-0.15, -0.1) is 11.3 Å². The molecule has 1 heterocycles. The van der Waals surface area contributed by atoms with Crippen LogP contribution in [-0.2, 0) is 26.1 Å². The third-order valence-corrected chi connectivity index (χ3v) is 5.87. The van der Waals surface area contributed by atoms with Crippen LogP contribution in [0.15, 0.2) is 16.3 Å². The first-order chi connectivity index (χ1) is 9.47. The lowest BCUT2D eigenvalue weighted by Gasteiger charge is -2.27. The zero-order valence-corrected chi connectivity index (χ0v) is 13.5. The van der Waals surface area contributed by atoms with E-state index in [1.165, 1.54) is 35.9 Å². The Morgan fingerprint density at radius 2 is 2.10 bits per heavy atom. The highest BCUT2D eigenvalue weighted by Crippen LogP contribution is 2.24. The van der Waals surface area contributed by atoms with Gasteiger partial charge in [0, 0.05) is 37.1 Å². The van der Waals surface area contributed by atoms with E-state index >= 15 is 0 Å². The standard InChI is InChI=1S/C12H21NO5S2/c1-10(8-18-3)13(4-5-17-2)20(15,16)12-6-11(7-14)19-9-12/h6,9-10,14H,4-5,7-8H2,1-3H3. The lowest BCUT2D eigenvalue weighted by molar-refractivity contribution is 0.119. The Kier molecular flexibility index (Phi) is 7.07. The monoisotopic (exact) mass is 323 g/mol. The largest absolute Gasteiger partial charge is 0.391 e. The maximum absolute atomic E-state index is 12.6. The Morgan fingerprint density at radius 1 is 1.40 bits per heavy atom. The molecule has 6 nitrogen and oxygen atoms in total. The van der Waals surface area contributed by atoms with Crippen molar-refractivity contribution in [1.29, 1.82) is 0 Å². The Bertz CT molecular complexity index is 500. The van der Waals surface area contributed by atoms with Gasteiger partial charge in [0.2, 0.25) is 10.0 Å². The van der Waals surface area contributed by atoms with Crippen LogP contribution in [0, 0.1) is 0 Å². The van der Waals surface area contributed by atoms with E-state index in [9.17, 15) is 8.42 Å². The van der Waals surface area contributed by atoms with Gasteiger partial charge in [0.15, 0.2) is 0 Å². The molecule has 1 aromatic rings. The molecule has 0 radical (unpaired) electrons. The van der Waals surface area contributed by atoms with Gasteiger partial charge < -0.3 is 14.6 Å². The third-order valence-electron chi connectivity index (χ3n) is 2.81. The highest BCUT2D eigenvalue weighted by Gasteiger charge is 2.29. The summed E-state index contributed by atoms with van der Waals surface area (Å²) in [7, 11) is -0.550. The lowest BCUT2D eigenvalue weighted by Crippen LogP contribution is -2.42. The summed E-state index contributed by atoms with van der Waals surface area (Å²) in [5, 5.41) is 10.6. The van der Waals surface area contributed by atoms with Crippen LogP contribution >= 0.6 is 11.3 Å². The van der Waals surface area contributed by atoms with Crippen molar-refractivity contribution in [2.45, 2.75) is 24.5 Å². The second kappa shape index (κ2) is 8.06. The Morgan fingerprint density at radius 3 is 2.60 bits per heavy atom. The molecule has 0 saturated carbocycles. The molecule has 0 aliphatic carbocycles. The molecule has 0 aliphatic rings. The van der Waals surface area contributed by atoms with E-state index in [0.29, 0.717) is 18.1 Å². The van der Waals surface area contributed by atoms with Crippen molar-refractivity contribution in [3.63, 3.8) is 0 Å². The molecule has 8 heteroatoms. The number of nitrogens with zero attached hydrogens (tertiary/aromatic N) is 1. The van der Waals surface area contributed by atoms with Crippen molar-refractivity contribution >= 4 is 21.4 Å². The number of hydrogen-bond acceptors (Lipinski definition) is 6. The molecule has 0 bridgehead atoms. The van der Waals surface area contributed by atoms with Crippen LogP contribution in [0.3, 0.4) is 0 Å². The Hall–Kier alpha value is -0.510. The van der Waals surface area contributed by atoms with Gasteiger partial charge in [0.05, 0.1) is 24.7 Å². The maximum Gasteiger partial charge on any atom is 0.244 e. The van der Waals surface area contributed by atoms with E-state index in [2.05, 4.69) is 0 Å². The molecule has 20 heavy (non-hydrogen) atoms. The average molecular weight is 323 g/mol. The predicted octanol–water partition coefficient (Wildman–Crippen LogP) is 0.912. The minimum Gasteiger partial charge on any atom is -0.391 e. The number of aliphatic hydroxyl groups is 1. The molecular formula is C12H21NO5S2. The van der Waals surface area contributed by atoms with Gasteiger partial charge in [-0.1, -0.05) is 0 Å². The highest BCUT2D eigenvalue weighted by molar-refractivity contribution is 7.89. The van der Waals surface area contributed by atoms with Crippen LogP contribution in [0.25, 0.3) is 0 Å². The number of methoxy groups -OCH3 is 2. The number of sulfonamides is 1. The maximum atomic E-state index is 12.6. The van der Waals surface area contributed by atoms with Crippen molar-refractivity contribution in [3.05, 3.63) is 16.3 Å². The Balaban J connectivity index is 3.02. The summed E-state index contributed by atoms with van der Waals surface area (Å²) in [6.45, 7) is 2.50. The molecule has 1 N–H and O–H groups in total. The van der Waals surface area contributed by atoms with Gasteiger partial charge >= 0.3 is 0 Å². The molecule has 0 fully saturated rings. The first kappa shape index (κ1) is 17.5. The van der Waals surface area contributed by atoms with Crippen LogP contribution in [-0.4, -0.2) is 57.8 Å². The van der Waals surface area contributed by atoms with Crippen LogP contribution in [0.2, 0.25) is 0 Å². The van der Waals surface area contributed by atoms with E-state index in [4.69, 9.17) is 14.6 Å². The summed E-state index contributed by atoms with van der Waals surface area (Å²) in [6.07, 6.45) is 0. The first-order valence-corrected chi connectivity index (χ1v) is 8.47. The fourth-order valence-corrected chi connectivity index (χ4v) is 4.52. The second-order valence-electron chi connectivity index (χ2n) is 4.32. The molecule has 1 atom stereocenters. The second-order valence-corrected chi connectivity index (χ2v) is 7.21. The van der Waals surface area contributed by atoms with Gasteiger partial charge in [-0.2, -0.15) is 4.31 Å². The van der Waals surface area contributed by atoms with Gasteiger partial charge in [-0.25, -0.2) is 8.42 Å². The number of thiophene rings is 1.